The first kappa shape index (κ1) is 17.0. The van der Waals surface area contributed by atoms with Gasteiger partial charge in [0, 0.05) is 50.3 Å². The van der Waals surface area contributed by atoms with Crippen molar-refractivity contribution >= 4 is 25.0 Å². The lowest BCUT2D eigenvalue weighted by Gasteiger charge is -2.35. The van der Waals surface area contributed by atoms with Crippen molar-refractivity contribution in [1.29, 1.82) is 0 Å². The molecule has 0 radical (unpaired) electrons. The van der Waals surface area contributed by atoms with Crippen LogP contribution in [0.5, 0.6) is 5.88 Å². The summed E-state index contributed by atoms with van der Waals surface area (Å²) in [6.45, 7) is 3.60. The van der Waals surface area contributed by atoms with E-state index in [4.69, 9.17) is 14.5 Å². The molecule has 10 heteroatoms. The molecule has 1 aliphatic rings. The van der Waals surface area contributed by atoms with Crippen LogP contribution < -0.4 is 15.2 Å². The molecule has 0 aliphatic carbocycles. The van der Waals surface area contributed by atoms with Gasteiger partial charge in [-0.2, -0.15) is 10.1 Å². The molecule has 0 amide bonds. The smallest absolute Gasteiger partial charge is 0.275 e. The Morgan fingerprint density at radius 1 is 1.33 bits per heavy atom. The Labute approximate surface area is 139 Å². The van der Waals surface area contributed by atoms with Crippen molar-refractivity contribution in [2.24, 2.45) is 0 Å². The molecule has 24 heavy (non-hydrogen) atoms. The van der Waals surface area contributed by atoms with Crippen LogP contribution in [0.25, 0.3) is 10.8 Å². The van der Waals surface area contributed by atoms with E-state index in [1.807, 2.05) is 0 Å². The third-order valence-corrected chi connectivity index (χ3v) is 4.70. The topological polar surface area (TPSA) is 115 Å². The van der Waals surface area contributed by atoms with E-state index in [0.29, 0.717) is 48.3 Å². The van der Waals surface area contributed by atoms with Gasteiger partial charge in [-0.25, -0.2) is 5.10 Å². The van der Waals surface area contributed by atoms with Gasteiger partial charge in [0.2, 0.25) is 5.88 Å². The Balaban J connectivity index is 1.84. The molecule has 0 spiro atoms. The van der Waals surface area contributed by atoms with Gasteiger partial charge in [0.05, 0.1) is 18.7 Å². The second-order valence-electron chi connectivity index (χ2n) is 5.58. The summed E-state index contributed by atoms with van der Waals surface area (Å²) < 4.78 is 5.24. The average molecular weight is 353 g/mol. The van der Waals surface area contributed by atoms with Gasteiger partial charge in [0.15, 0.2) is 8.38 Å². The van der Waals surface area contributed by atoms with Crippen molar-refractivity contribution in [2.75, 3.05) is 50.9 Å². The number of aromatic amines is 1. The highest BCUT2D eigenvalue weighted by Gasteiger charge is 2.22. The molecule has 130 valence electrons. The predicted octanol–water partition coefficient (Wildman–Crippen LogP) is -0.255. The van der Waals surface area contributed by atoms with Crippen LogP contribution in [-0.4, -0.2) is 75.9 Å². The van der Waals surface area contributed by atoms with E-state index in [1.165, 1.54) is 0 Å². The molecule has 2 aromatic rings. The van der Waals surface area contributed by atoms with Crippen molar-refractivity contribution in [3.05, 3.63) is 22.6 Å². The van der Waals surface area contributed by atoms with Crippen molar-refractivity contribution in [3.63, 3.8) is 0 Å². The molecular weight excluding hydrogens is 333 g/mol. The highest BCUT2D eigenvalue weighted by molar-refractivity contribution is 7.45. The minimum atomic E-state index is -1.85. The summed E-state index contributed by atoms with van der Waals surface area (Å²) in [5.74, 6) is 1.04. The van der Waals surface area contributed by atoms with Crippen LogP contribution >= 0.6 is 8.38 Å². The lowest BCUT2D eigenvalue weighted by Crippen LogP contribution is -2.47. The normalized spacial score (nSPS) is 16.1. The minimum absolute atomic E-state index is 0.272. The highest BCUT2D eigenvalue weighted by atomic mass is 31.2. The van der Waals surface area contributed by atoms with Gasteiger partial charge in [-0.05, 0) is 0 Å². The minimum Gasteiger partial charge on any atom is -0.481 e. The predicted molar refractivity (Wildman–Crippen MR) is 91.6 cm³/mol. The molecule has 0 aromatic carbocycles. The van der Waals surface area contributed by atoms with Crippen molar-refractivity contribution in [1.82, 2.24) is 20.1 Å². The van der Waals surface area contributed by atoms with Gasteiger partial charge < -0.3 is 19.4 Å². The number of piperazine rings is 1. The largest absolute Gasteiger partial charge is 0.481 e. The number of rotatable bonds is 5. The van der Waals surface area contributed by atoms with E-state index in [1.54, 1.807) is 19.4 Å². The van der Waals surface area contributed by atoms with Crippen molar-refractivity contribution in [2.45, 2.75) is 0 Å². The molecule has 3 N–H and O–H groups in total. The van der Waals surface area contributed by atoms with Crippen LogP contribution in [0.2, 0.25) is 0 Å². The molecule has 1 fully saturated rings. The van der Waals surface area contributed by atoms with Crippen LogP contribution in [0.4, 0.5) is 5.82 Å². The summed E-state index contributed by atoms with van der Waals surface area (Å²) >= 11 is 0. The van der Waals surface area contributed by atoms with Crippen LogP contribution in [0, 0.1) is 0 Å². The molecule has 2 aromatic heterocycles. The zero-order chi connectivity index (χ0) is 17.1. The van der Waals surface area contributed by atoms with E-state index < -0.39 is 8.38 Å². The molecule has 0 unspecified atom stereocenters. The fourth-order valence-electron chi connectivity index (χ4n) is 2.83. The number of nitrogens with zero attached hydrogens (tertiary/aromatic N) is 4. The van der Waals surface area contributed by atoms with E-state index in [-0.39, 0.29) is 5.56 Å². The molecule has 9 nitrogen and oxygen atoms in total. The summed E-state index contributed by atoms with van der Waals surface area (Å²) in [6, 6.07) is 1.70. The van der Waals surface area contributed by atoms with Crippen LogP contribution in [-0.2, 0) is 0 Å². The van der Waals surface area contributed by atoms with Gasteiger partial charge in [0.1, 0.15) is 5.82 Å². The Kier molecular flexibility index (Phi) is 5.25. The summed E-state index contributed by atoms with van der Waals surface area (Å²) in [7, 11) is -0.311. The van der Waals surface area contributed by atoms with Crippen LogP contribution in [0.3, 0.4) is 0 Å². The lowest BCUT2D eigenvalue weighted by atomic mass is 10.2. The Bertz CT molecular complexity index is 760. The quantitative estimate of drug-likeness (QED) is 0.630. The molecule has 1 saturated heterocycles. The third kappa shape index (κ3) is 3.64. The number of methoxy groups -OCH3 is 1. The number of nitrogens with one attached hydrogen (secondary N) is 1. The molecule has 3 rings (SSSR count). The van der Waals surface area contributed by atoms with Crippen LogP contribution in [0.15, 0.2) is 17.1 Å². The van der Waals surface area contributed by atoms with E-state index >= 15 is 0 Å². The first-order valence-electron chi connectivity index (χ1n) is 7.63. The number of anilines is 1. The molecule has 0 atom stereocenters. The van der Waals surface area contributed by atoms with Gasteiger partial charge >= 0.3 is 0 Å². The maximum atomic E-state index is 12.2. The average Bonchev–Trinajstić information content (AvgIpc) is 2.59. The molecule has 0 saturated carbocycles. The molecular formula is C14H20N5O4P. The SMILES string of the molecule is COc1cc2cn[nH]c(=O)c2c(N2CCN(CCP(O)O)CC2)n1. The fraction of sp³-hybridized carbons (Fsp3) is 0.500. The number of hydrogen-bond donors (Lipinski definition) is 3. The number of pyridine rings is 1. The van der Waals surface area contributed by atoms with Gasteiger partial charge in [-0.3, -0.25) is 9.69 Å². The van der Waals surface area contributed by atoms with Crippen molar-refractivity contribution in [3.8, 4) is 5.88 Å². The Hall–Kier alpha value is -1.80. The summed E-state index contributed by atoms with van der Waals surface area (Å²) in [5.41, 5.74) is -0.272. The Morgan fingerprint density at radius 3 is 2.75 bits per heavy atom. The van der Waals surface area contributed by atoms with E-state index in [0.717, 1.165) is 13.1 Å². The van der Waals surface area contributed by atoms with Gasteiger partial charge in [-0.15, -0.1) is 0 Å². The van der Waals surface area contributed by atoms with E-state index in [2.05, 4.69) is 25.0 Å². The number of fused-ring (bicyclic) bond motifs is 1. The second kappa shape index (κ2) is 7.40. The Morgan fingerprint density at radius 2 is 2.08 bits per heavy atom. The van der Waals surface area contributed by atoms with Crippen molar-refractivity contribution < 1.29 is 14.5 Å². The zero-order valence-corrected chi connectivity index (χ0v) is 14.2. The molecule has 1 aliphatic heterocycles. The third-order valence-electron chi connectivity index (χ3n) is 4.10. The van der Waals surface area contributed by atoms with Gasteiger partial charge in [0.25, 0.3) is 5.56 Å². The van der Waals surface area contributed by atoms with Gasteiger partial charge in [-0.1, -0.05) is 0 Å². The zero-order valence-electron chi connectivity index (χ0n) is 13.3. The molecule has 3 heterocycles. The summed E-state index contributed by atoms with van der Waals surface area (Å²) in [6.07, 6.45) is 1.98. The number of ether oxygens (including phenoxy) is 1. The lowest BCUT2D eigenvalue weighted by molar-refractivity contribution is 0.268. The van der Waals surface area contributed by atoms with Crippen LogP contribution in [0.1, 0.15) is 0 Å². The fourth-order valence-corrected chi connectivity index (χ4v) is 3.29. The monoisotopic (exact) mass is 353 g/mol. The second-order valence-corrected chi connectivity index (χ2v) is 6.77. The number of aromatic nitrogens is 3. The standard InChI is InChI=1S/C14H20N5O4P/c1-23-11-8-10-9-15-17-14(20)12(10)13(16-11)19-4-2-18(3-5-19)6-7-24(21)22/h8-9,21-22H,2-7H2,1H3,(H,17,20). The first-order chi connectivity index (χ1) is 11.6. The summed E-state index contributed by atoms with van der Waals surface area (Å²) in [5, 5.41) is 7.49. The van der Waals surface area contributed by atoms with E-state index in [9.17, 15) is 4.79 Å². The maximum absolute atomic E-state index is 12.2. The summed E-state index contributed by atoms with van der Waals surface area (Å²) in [4.78, 5) is 39.0. The molecule has 0 bridgehead atoms. The number of H-pyrrole nitrogens is 1. The highest BCUT2D eigenvalue weighted by Crippen LogP contribution is 2.27. The number of hydrogen-bond acceptors (Lipinski definition) is 8. The first-order valence-corrected chi connectivity index (χ1v) is 9.06. The maximum Gasteiger partial charge on any atom is 0.275 e.